The standard InChI is InChI=1S/C10H16N2O2/c1-11-8(4-2-6-10(13)14)9-5-3-7-12-9/h3,5,7-8,11-12H,2,4,6H2,1H3,(H,13,14). The predicted molar refractivity (Wildman–Crippen MR) is 54.1 cm³/mol. The second-order valence-electron chi connectivity index (χ2n) is 3.25. The van der Waals surface area contributed by atoms with Crippen LogP contribution in [-0.4, -0.2) is 23.1 Å². The number of carbonyl (C=O) groups is 1. The summed E-state index contributed by atoms with van der Waals surface area (Å²) in [4.78, 5) is 13.4. The van der Waals surface area contributed by atoms with Crippen molar-refractivity contribution in [3.8, 4) is 0 Å². The van der Waals surface area contributed by atoms with Crippen LogP contribution in [0, 0.1) is 0 Å². The topological polar surface area (TPSA) is 65.1 Å². The van der Waals surface area contributed by atoms with Crippen LogP contribution in [0.4, 0.5) is 0 Å². The van der Waals surface area contributed by atoms with Gasteiger partial charge in [0.15, 0.2) is 0 Å². The molecule has 14 heavy (non-hydrogen) atoms. The fourth-order valence-corrected chi connectivity index (χ4v) is 1.47. The predicted octanol–water partition coefficient (Wildman–Crippen LogP) is 1.53. The molecule has 0 aromatic carbocycles. The van der Waals surface area contributed by atoms with Crippen molar-refractivity contribution in [1.29, 1.82) is 0 Å². The quantitative estimate of drug-likeness (QED) is 0.646. The Labute approximate surface area is 83.3 Å². The molecule has 0 amide bonds. The highest BCUT2D eigenvalue weighted by Crippen LogP contribution is 2.16. The Morgan fingerprint density at radius 3 is 3.00 bits per heavy atom. The Balaban J connectivity index is 2.36. The molecule has 0 aliphatic heterocycles. The lowest BCUT2D eigenvalue weighted by atomic mass is 10.1. The van der Waals surface area contributed by atoms with Gasteiger partial charge < -0.3 is 15.4 Å². The number of hydrogen-bond acceptors (Lipinski definition) is 2. The summed E-state index contributed by atoms with van der Waals surface area (Å²) < 4.78 is 0. The SMILES string of the molecule is CNC(CCCC(=O)O)c1ccc[nH]1. The molecule has 1 aromatic rings. The highest BCUT2D eigenvalue weighted by molar-refractivity contribution is 5.66. The second-order valence-corrected chi connectivity index (χ2v) is 3.25. The van der Waals surface area contributed by atoms with Crippen LogP contribution in [0.3, 0.4) is 0 Å². The molecule has 1 atom stereocenters. The Kier molecular flexibility index (Phi) is 4.19. The number of aromatic nitrogens is 1. The Hall–Kier alpha value is -1.29. The van der Waals surface area contributed by atoms with Crippen LogP contribution >= 0.6 is 0 Å². The van der Waals surface area contributed by atoms with Gasteiger partial charge in [0.25, 0.3) is 0 Å². The summed E-state index contributed by atoms with van der Waals surface area (Å²) in [6, 6.07) is 4.17. The largest absolute Gasteiger partial charge is 0.481 e. The fourth-order valence-electron chi connectivity index (χ4n) is 1.47. The maximum absolute atomic E-state index is 10.3. The molecule has 0 saturated heterocycles. The first-order chi connectivity index (χ1) is 6.74. The molecule has 1 heterocycles. The maximum atomic E-state index is 10.3. The van der Waals surface area contributed by atoms with Crippen molar-refractivity contribution in [3.05, 3.63) is 24.0 Å². The van der Waals surface area contributed by atoms with E-state index in [1.165, 1.54) is 0 Å². The molecule has 4 heteroatoms. The van der Waals surface area contributed by atoms with Crippen molar-refractivity contribution in [2.75, 3.05) is 7.05 Å². The number of aliphatic carboxylic acids is 1. The lowest BCUT2D eigenvalue weighted by Gasteiger charge is -2.13. The average molecular weight is 196 g/mol. The molecule has 0 aliphatic rings. The zero-order chi connectivity index (χ0) is 10.4. The first kappa shape index (κ1) is 10.8. The number of aromatic amines is 1. The van der Waals surface area contributed by atoms with Gasteiger partial charge in [0.2, 0.25) is 0 Å². The summed E-state index contributed by atoms with van der Waals surface area (Å²) >= 11 is 0. The van der Waals surface area contributed by atoms with E-state index in [0.29, 0.717) is 6.42 Å². The molecule has 0 aliphatic carbocycles. The molecule has 78 valence electrons. The summed E-state index contributed by atoms with van der Waals surface area (Å²) in [5, 5.41) is 11.7. The lowest BCUT2D eigenvalue weighted by molar-refractivity contribution is -0.137. The van der Waals surface area contributed by atoms with E-state index < -0.39 is 5.97 Å². The summed E-state index contributed by atoms with van der Waals surface area (Å²) in [7, 11) is 1.88. The highest BCUT2D eigenvalue weighted by atomic mass is 16.4. The van der Waals surface area contributed by atoms with E-state index in [9.17, 15) is 4.79 Å². The van der Waals surface area contributed by atoms with Gasteiger partial charge in [-0.2, -0.15) is 0 Å². The molecular formula is C10H16N2O2. The van der Waals surface area contributed by atoms with Gasteiger partial charge in [0.1, 0.15) is 0 Å². The monoisotopic (exact) mass is 196 g/mol. The van der Waals surface area contributed by atoms with Crippen LogP contribution in [0.15, 0.2) is 18.3 Å². The normalized spacial score (nSPS) is 12.6. The molecule has 3 N–H and O–H groups in total. The number of hydrogen-bond donors (Lipinski definition) is 3. The zero-order valence-corrected chi connectivity index (χ0v) is 8.29. The summed E-state index contributed by atoms with van der Waals surface area (Å²) in [5.41, 5.74) is 1.11. The van der Waals surface area contributed by atoms with Crippen LogP contribution in [0.5, 0.6) is 0 Å². The molecule has 0 fully saturated rings. The van der Waals surface area contributed by atoms with Gasteiger partial charge in [-0.3, -0.25) is 4.79 Å². The Bertz CT molecular complexity index is 270. The van der Waals surface area contributed by atoms with Gasteiger partial charge in [-0.05, 0) is 32.0 Å². The Morgan fingerprint density at radius 1 is 1.71 bits per heavy atom. The first-order valence-electron chi connectivity index (χ1n) is 4.76. The van der Waals surface area contributed by atoms with Crippen molar-refractivity contribution in [1.82, 2.24) is 10.3 Å². The number of H-pyrrole nitrogens is 1. The van der Waals surface area contributed by atoms with Crippen LogP contribution in [-0.2, 0) is 4.79 Å². The highest BCUT2D eigenvalue weighted by Gasteiger charge is 2.09. The molecule has 1 rings (SSSR count). The van der Waals surface area contributed by atoms with Crippen molar-refractivity contribution in [2.45, 2.75) is 25.3 Å². The van der Waals surface area contributed by atoms with E-state index in [1.807, 2.05) is 25.4 Å². The van der Waals surface area contributed by atoms with E-state index in [1.54, 1.807) is 0 Å². The fraction of sp³-hybridized carbons (Fsp3) is 0.500. The third-order valence-electron chi connectivity index (χ3n) is 2.23. The molecular weight excluding hydrogens is 180 g/mol. The molecule has 1 unspecified atom stereocenters. The van der Waals surface area contributed by atoms with Crippen LogP contribution in [0.2, 0.25) is 0 Å². The molecule has 0 bridgehead atoms. The van der Waals surface area contributed by atoms with Gasteiger partial charge in [-0.15, -0.1) is 0 Å². The van der Waals surface area contributed by atoms with Crippen LogP contribution in [0.25, 0.3) is 0 Å². The molecule has 0 radical (unpaired) electrons. The van der Waals surface area contributed by atoms with E-state index in [-0.39, 0.29) is 12.5 Å². The van der Waals surface area contributed by atoms with E-state index >= 15 is 0 Å². The Morgan fingerprint density at radius 2 is 2.50 bits per heavy atom. The average Bonchev–Trinajstić information content (AvgIpc) is 2.64. The molecule has 0 saturated carbocycles. The molecule has 0 spiro atoms. The van der Waals surface area contributed by atoms with Crippen LogP contribution < -0.4 is 5.32 Å². The second kappa shape index (κ2) is 5.44. The number of nitrogens with one attached hydrogen (secondary N) is 2. The smallest absolute Gasteiger partial charge is 0.303 e. The van der Waals surface area contributed by atoms with Gasteiger partial charge in [-0.1, -0.05) is 0 Å². The van der Waals surface area contributed by atoms with Gasteiger partial charge in [0.05, 0.1) is 0 Å². The van der Waals surface area contributed by atoms with Crippen LogP contribution in [0.1, 0.15) is 31.0 Å². The minimum absolute atomic E-state index is 0.226. The van der Waals surface area contributed by atoms with Gasteiger partial charge in [0, 0.05) is 24.4 Å². The summed E-state index contributed by atoms with van der Waals surface area (Å²) in [6.07, 6.45) is 3.64. The minimum atomic E-state index is -0.730. The molecule has 1 aromatic heterocycles. The third kappa shape index (κ3) is 3.22. The van der Waals surface area contributed by atoms with Crippen molar-refractivity contribution in [3.63, 3.8) is 0 Å². The van der Waals surface area contributed by atoms with Gasteiger partial charge >= 0.3 is 5.97 Å². The molecule has 4 nitrogen and oxygen atoms in total. The zero-order valence-electron chi connectivity index (χ0n) is 8.29. The first-order valence-corrected chi connectivity index (χ1v) is 4.76. The van der Waals surface area contributed by atoms with Crippen molar-refractivity contribution >= 4 is 5.97 Å². The number of rotatable bonds is 6. The summed E-state index contributed by atoms with van der Waals surface area (Å²) in [6.45, 7) is 0. The van der Waals surface area contributed by atoms with Crippen molar-refractivity contribution in [2.24, 2.45) is 0 Å². The van der Waals surface area contributed by atoms with E-state index in [2.05, 4.69) is 10.3 Å². The number of carboxylic acid groups (broad SMARTS) is 1. The number of carboxylic acids is 1. The van der Waals surface area contributed by atoms with E-state index in [4.69, 9.17) is 5.11 Å². The van der Waals surface area contributed by atoms with E-state index in [0.717, 1.165) is 12.1 Å². The van der Waals surface area contributed by atoms with Crippen molar-refractivity contribution < 1.29 is 9.90 Å². The van der Waals surface area contributed by atoms with Gasteiger partial charge in [-0.25, -0.2) is 0 Å². The lowest BCUT2D eigenvalue weighted by Crippen LogP contribution is -2.16. The summed E-state index contributed by atoms with van der Waals surface area (Å²) in [5.74, 6) is -0.730. The minimum Gasteiger partial charge on any atom is -0.481 e. The maximum Gasteiger partial charge on any atom is 0.303 e. The third-order valence-corrected chi connectivity index (χ3v) is 2.23.